The molecular weight excluding hydrogens is 1340 g/mol. The minimum atomic E-state index is -1.08. The Bertz CT molecular complexity index is 4340. The van der Waals surface area contributed by atoms with Crippen LogP contribution in [0.1, 0.15) is 130 Å². The molecule has 7 aliphatic rings. The highest BCUT2D eigenvalue weighted by molar-refractivity contribution is 6.03. The molecule has 8 N–H and O–H groups in total. The van der Waals surface area contributed by atoms with Crippen molar-refractivity contribution in [1.82, 2.24) is 46.2 Å². The smallest absolute Gasteiger partial charge is 0.260 e. The molecule has 4 fully saturated rings. The van der Waals surface area contributed by atoms with E-state index in [1.54, 1.807) is 57.4 Å². The van der Waals surface area contributed by atoms with Crippen LogP contribution in [0.3, 0.4) is 0 Å². The fourth-order valence-corrected chi connectivity index (χ4v) is 15.5. The lowest BCUT2D eigenvalue weighted by molar-refractivity contribution is -0.158. The summed E-state index contributed by atoms with van der Waals surface area (Å²) in [6.07, 6.45) is 10.3. The number of anilines is 3. The van der Waals surface area contributed by atoms with Crippen molar-refractivity contribution in [2.45, 2.75) is 153 Å². The van der Waals surface area contributed by atoms with Gasteiger partial charge in [0, 0.05) is 87.2 Å². The van der Waals surface area contributed by atoms with Gasteiger partial charge in [-0.1, -0.05) is 80.3 Å². The number of hydrogen-bond acceptors (Lipinski definition) is 16. The van der Waals surface area contributed by atoms with Gasteiger partial charge in [-0.15, -0.1) is 0 Å². The van der Waals surface area contributed by atoms with Crippen molar-refractivity contribution in [3.8, 4) is 29.0 Å². The van der Waals surface area contributed by atoms with Crippen LogP contribution in [-0.2, 0) is 56.0 Å². The van der Waals surface area contributed by atoms with Crippen molar-refractivity contribution < 1.29 is 62.4 Å². The molecule has 6 heterocycles. The summed E-state index contributed by atoms with van der Waals surface area (Å²) in [6.45, 7) is 6.28. The predicted molar refractivity (Wildman–Crippen MR) is 392 cm³/mol. The number of nitrogens with zero attached hydrogens (tertiary/aromatic N) is 5. The molecular formula is C80H92N12O13. The first kappa shape index (κ1) is 72.9. The van der Waals surface area contributed by atoms with Gasteiger partial charge >= 0.3 is 0 Å². The van der Waals surface area contributed by atoms with E-state index in [2.05, 4.69) is 66.3 Å². The van der Waals surface area contributed by atoms with Gasteiger partial charge in [0.05, 0.1) is 85.7 Å². The largest absolute Gasteiger partial charge is 0.493 e. The number of para-hydroxylation sites is 1. The number of benzene rings is 5. The molecule has 550 valence electrons. The molecule has 105 heavy (non-hydrogen) atoms. The van der Waals surface area contributed by atoms with E-state index in [0.29, 0.717) is 91.7 Å². The zero-order valence-electron chi connectivity index (χ0n) is 59.9. The molecule has 5 unspecified atom stereocenters. The maximum atomic E-state index is 15.4. The number of hydrogen-bond donors (Lipinski definition) is 8. The normalized spacial score (nSPS) is 22.2. The Morgan fingerprint density at radius 2 is 1.51 bits per heavy atom. The quantitative estimate of drug-likeness (QED) is 0.0195. The number of aromatic nitrogens is 2. The number of carbonyl (C=O) groups is 8. The number of fused-ring (bicyclic) bond motifs is 6. The number of methoxy groups -OCH3 is 2. The summed E-state index contributed by atoms with van der Waals surface area (Å²) in [4.78, 5) is 115. The van der Waals surface area contributed by atoms with Gasteiger partial charge in [-0.3, -0.25) is 43.7 Å². The molecule has 5 aromatic carbocycles. The van der Waals surface area contributed by atoms with Crippen molar-refractivity contribution in [3.63, 3.8) is 0 Å². The SMILES string of the molecule is COc1cc2c(cc1OCCCCCOC1CC3NC(O)[C@@H]4CC5(CC5)CN4C(=O)C3(Cc3ccc(NC(=O)[C@H](C)NC(=O)[C@@H](NC(=O)CNC(=O)CNC(=O)CCC(=O)N4Cc5ccccc5C#Cc5ccccc54)C(C)C)cc3)CC1OC)NC[C@@H]1CC(c3ccc(-n4cccn4)cc3)=CN1C2=O. The van der Waals surface area contributed by atoms with Crippen molar-refractivity contribution in [3.05, 3.63) is 167 Å². The third-order valence-corrected chi connectivity index (χ3v) is 21.6. The molecule has 13 rings (SSSR count). The van der Waals surface area contributed by atoms with E-state index in [1.165, 1.54) is 6.92 Å². The molecule has 2 saturated carbocycles. The first-order chi connectivity index (χ1) is 50.8. The minimum Gasteiger partial charge on any atom is -0.493 e. The van der Waals surface area contributed by atoms with Crippen LogP contribution in [0.25, 0.3) is 11.3 Å². The van der Waals surface area contributed by atoms with E-state index in [9.17, 15) is 38.7 Å². The number of carbonyl (C=O) groups excluding carboxylic acids is 8. The molecule has 1 spiro atoms. The minimum absolute atomic E-state index is 0.0173. The highest BCUT2D eigenvalue weighted by Gasteiger charge is 2.63. The highest BCUT2D eigenvalue weighted by atomic mass is 16.5. The van der Waals surface area contributed by atoms with E-state index in [-0.39, 0.29) is 60.7 Å². The Hall–Kier alpha value is -10.4. The number of unbranched alkanes of at least 4 members (excludes halogenated alkanes) is 2. The fourth-order valence-electron chi connectivity index (χ4n) is 15.5. The van der Waals surface area contributed by atoms with Crippen molar-refractivity contribution in [1.29, 1.82) is 0 Å². The maximum Gasteiger partial charge on any atom is 0.260 e. The summed E-state index contributed by atoms with van der Waals surface area (Å²) in [5, 5.41) is 36.5. The second-order valence-corrected chi connectivity index (χ2v) is 29.0. The first-order valence-electron chi connectivity index (χ1n) is 36.4. The van der Waals surface area contributed by atoms with Crippen molar-refractivity contribution in [2.75, 3.05) is 69.1 Å². The van der Waals surface area contributed by atoms with Crippen molar-refractivity contribution in [2.24, 2.45) is 16.7 Å². The van der Waals surface area contributed by atoms with E-state index < -0.39 is 84.4 Å². The molecule has 25 heteroatoms. The van der Waals surface area contributed by atoms with Crippen LogP contribution in [-0.4, -0.2) is 174 Å². The Balaban J connectivity index is 0.559. The number of ether oxygens (including phenoxy) is 4. The summed E-state index contributed by atoms with van der Waals surface area (Å²) in [5.74, 6) is 3.49. The van der Waals surface area contributed by atoms with Gasteiger partial charge in [-0.05, 0) is 159 Å². The van der Waals surface area contributed by atoms with Gasteiger partial charge in [-0.2, -0.15) is 5.10 Å². The second kappa shape index (κ2) is 31.9. The van der Waals surface area contributed by atoms with Crippen LogP contribution in [0.15, 0.2) is 134 Å². The van der Waals surface area contributed by atoms with E-state index >= 15 is 4.79 Å². The third kappa shape index (κ3) is 16.4. The Morgan fingerprint density at radius 1 is 0.771 bits per heavy atom. The van der Waals surface area contributed by atoms with E-state index in [0.717, 1.165) is 72.0 Å². The molecule has 6 aromatic rings. The van der Waals surface area contributed by atoms with Crippen LogP contribution in [0.5, 0.6) is 11.5 Å². The number of aliphatic hydroxyl groups excluding tert-OH is 1. The number of aliphatic hydroxyl groups is 1. The molecule has 0 bridgehead atoms. The number of rotatable bonds is 27. The number of nitrogens with one attached hydrogen (secondary N) is 7. The van der Waals surface area contributed by atoms with Crippen molar-refractivity contribution >= 4 is 69.9 Å². The fraction of sp³-hybridized carbons (Fsp3) is 0.438. The van der Waals surface area contributed by atoms with E-state index in [4.69, 9.17) is 18.9 Å². The molecule has 2 saturated heterocycles. The van der Waals surface area contributed by atoms with Gasteiger partial charge in [0.25, 0.3) is 5.91 Å². The molecule has 1 aromatic heterocycles. The van der Waals surface area contributed by atoms with Gasteiger partial charge in [-0.25, -0.2) is 4.68 Å². The van der Waals surface area contributed by atoms with Gasteiger partial charge in [0.15, 0.2) is 11.5 Å². The average Bonchev–Trinajstić information content (AvgIpc) is 1.56. The monoisotopic (exact) mass is 1430 g/mol. The highest BCUT2D eigenvalue weighted by Crippen LogP contribution is 2.58. The Kier molecular flexibility index (Phi) is 22.2. The third-order valence-electron chi connectivity index (χ3n) is 21.6. The Labute approximate surface area is 610 Å². The zero-order chi connectivity index (χ0) is 73.5. The first-order valence-corrected chi connectivity index (χ1v) is 36.4. The maximum absolute atomic E-state index is 15.4. The lowest BCUT2D eigenvalue weighted by Crippen LogP contribution is -2.61. The zero-order valence-corrected chi connectivity index (χ0v) is 59.9. The lowest BCUT2D eigenvalue weighted by Gasteiger charge is -2.48. The lowest BCUT2D eigenvalue weighted by atomic mass is 9.64. The summed E-state index contributed by atoms with van der Waals surface area (Å²) < 4.78 is 26.8. The summed E-state index contributed by atoms with van der Waals surface area (Å²) >= 11 is 0. The summed E-state index contributed by atoms with van der Waals surface area (Å²) in [6, 6.07) is 32.8. The van der Waals surface area contributed by atoms with Gasteiger partial charge < -0.3 is 70.7 Å². The second-order valence-electron chi connectivity index (χ2n) is 29.0. The van der Waals surface area contributed by atoms with Gasteiger partial charge in [0.1, 0.15) is 18.3 Å². The summed E-state index contributed by atoms with van der Waals surface area (Å²) in [7, 11) is 3.22. The molecule has 8 amide bonds. The topological polar surface area (TPSA) is 305 Å². The molecule has 0 radical (unpaired) electrons. The average molecular weight is 1430 g/mol. The van der Waals surface area contributed by atoms with Gasteiger partial charge in [0.2, 0.25) is 41.4 Å². The Morgan fingerprint density at radius 3 is 2.27 bits per heavy atom. The van der Waals surface area contributed by atoms with Crippen LogP contribution in [0.2, 0.25) is 0 Å². The van der Waals surface area contributed by atoms with E-state index in [1.807, 2.05) is 112 Å². The molecule has 25 nitrogen and oxygen atoms in total. The van der Waals surface area contributed by atoms with Crippen LogP contribution < -0.4 is 51.6 Å². The van der Waals surface area contributed by atoms with Crippen LogP contribution in [0.4, 0.5) is 17.1 Å². The molecule has 5 aliphatic heterocycles. The molecule has 9 atom stereocenters. The van der Waals surface area contributed by atoms with Crippen LogP contribution >= 0.6 is 0 Å². The molecule has 2 aliphatic carbocycles. The van der Waals surface area contributed by atoms with Crippen LogP contribution in [0, 0.1) is 28.6 Å². The predicted octanol–water partition coefficient (Wildman–Crippen LogP) is 6.75. The number of amides is 8. The summed E-state index contributed by atoms with van der Waals surface area (Å²) in [5.41, 5.74) is 7.59. The standard InChI is InChI=1S/C80H92N12O13/c1-49(2)73(88-71(95)45-83-70(94)44-82-69(93)28-29-72(96)90-46-55-16-8-7-14-52(55)20-21-54-15-9-10-17-62(54)90)76(99)85-50(3)74(97)86-57-24-18-51(19-25-57)40-80-42-67(103-5)66(39-68(80)87-75(98)63-41-79(30-31-79)48-91(63)78(80)101)105-35-12-6-11-34-104-65-38-61-60(37-64(65)102-4)77(100)89-47-56(36-59(89)43-81-61)53-22-26-58(27-23-53)92-33-13-32-84-92/h7-10,13-19,22-27,32-33,37-38,47,49-50,59,63,66-68,73,75,81,87,98H,6,11-12,28-31,34-36,39-46,48H2,1-5H3,(H,82,93)(H,83,94)(H,85,99)(H,86,97)(H,88,95)/t50-,59-,63-,66?,67?,68?,73-,75?,80?/m0/s1.